The molecule has 8 heteroatoms. The maximum atomic E-state index is 13.1. The Labute approximate surface area is 211 Å². The van der Waals surface area contributed by atoms with Crippen molar-refractivity contribution in [2.75, 3.05) is 9.80 Å². The third kappa shape index (κ3) is 4.62. The molecular formula is C28H36N2O6. The molecule has 4 aliphatic carbocycles. The van der Waals surface area contributed by atoms with Crippen molar-refractivity contribution in [3.8, 4) is 0 Å². The van der Waals surface area contributed by atoms with Gasteiger partial charge in [-0.3, -0.25) is 14.5 Å². The number of fused-ring (bicyclic) bond motifs is 4. The lowest BCUT2D eigenvalue weighted by atomic mass is 9.54. The number of carboxylic acid groups (broad SMARTS) is 2. The Kier molecular flexibility index (Phi) is 7.04. The van der Waals surface area contributed by atoms with Gasteiger partial charge in [-0.25, -0.2) is 14.5 Å². The minimum atomic E-state index is -1.58. The van der Waals surface area contributed by atoms with Crippen LogP contribution in [0.25, 0.3) is 0 Å². The van der Waals surface area contributed by atoms with Gasteiger partial charge in [-0.2, -0.15) is 0 Å². The first kappa shape index (κ1) is 24.8. The number of carboxylic acids is 1. The van der Waals surface area contributed by atoms with E-state index >= 15 is 0 Å². The lowest BCUT2D eigenvalue weighted by Crippen LogP contribution is -2.53. The summed E-state index contributed by atoms with van der Waals surface area (Å²) in [5.41, 5.74) is 0.162. The standard InChI is InChI=1S/C28H36N2O6/c31-16-29(28(35)36)23-9-1-2-10-24(23)30(26(32)27(33)34)22-14-19-7-4-8-20(15-22)25(19)21-12-17-5-3-6-18(11-17)13-21/h1-2,9-10,16-22,25H,3-8,11-15H2,(H,33,34)(H,35,36)/t17-,18+,19-,20+,21-,22-,25?. The van der Waals surface area contributed by atoms with Crippen molar-refractivity contribution in [1.82, 2.24) is 0 Å². The number of hydrogen-bond donors (Lipinski definition) is 2. The second-order valence-corrected chi connectivity index (χ2v) is 11.5. The summed E-state index contributed by atoms with van der Waals surface area (Å²) in [6, 6.07) is 5.85. The van der Waals surface area contributed by atoms with Gasteiger partial charge in [-0.1, -0.05) is 50.7 Å². The molecule has 1 unspecified atom stereocenters. The molecule has 0 heterocycles. The molecule has 4 aliphatic rings. The number of benzene rings is 1. The Morgan fingerprint density at radius 3 is 1.92 bits per heavy atom. The van der Waals surface area contributed by atoms with E-state index in [0.29, 0.717) is 35.5 Å². The zero-order valence-electron chi connectivity index (χ0n) is 20.6. The summed E-state index contributed by atoms with van der Waals surface area (Å²) < 4.78 is 0. The minimum Gasteiger partial charge on any atom is -0.474 e. The number of rotatable bonds is 5. The number of imide groups is 1. The Bertz CT molecular complexity index is 1000. The molecule has 194 valence electrons. The number of carbonyl (C=O) groups excluding carboxylic acids is 2. The van der Waals surface area contributed by atoms with Crippen molar-refractivity contribution in [3.05, 3.63) is 24.3 Å². The number of aliphatic carboxylic acids is 1. The summed E-state index contributed by atoms with van der Waals surface area (Å²) in [5.74, 6) is 1.26. The summed E-state index contributed by atoms with van der Waals surface area (Å²) >= 11 is 0. The molecule has 4 saturated carbocycles. The van der Waals surface area contributed by atoms with Crippen LogP contribution in [0.5, 0.6) is 0 Å². The average Bonchev–Trinajstić information content (AvgIpc) is 2.84. The predicted octanol–water partition coefficient (Wildman–Crippen LogP) is 5.16. The smallest absolute Gasteiger partial charge is 0.418 e. The van der Waals surface area contributed by atoms with Crippen molar-refractivity contribution in [2.24, 2.45) is 35.5 Å². The van der Waals surface area contributed by atoms with Crippen molar-refractivity contribution in [1.29, 1.82) is 0 Å². The number of nitrogens with zero attached hydrogens (tertiary/aromatic N) is 2. The van der Waals surface area contributed by atoms with E-state index < -0.39 is 18.0 Å². The SMILES string of the molecule is O=CN(C(=O)O)c1ccccc1N(C(=O)C(=O)O)[C@@H]1C[C@H]2CCC[C@@H](C1)C2[C@@H]1C[C@@H]2CCC[C@@H](C2)C1. The molecule has 5 rings (SSSR count). The molecule has 36 heavy (non-hydrogen) atoms. The van der Waals surface area contributed by atoms with Crippen LogP contribution in [0.15, 0.2) is 24.3 Å². The second-order valence-electron chi connectivity index (χ2n) is 11.5. The van der Waals surface area contributed by atoms with Crippen LogP contribution in [0.1, 0.15) is 70.6 Å². The van der Waals surface area contributed by atoms with Gasteiger partial charge < -0.3 is 10.2 Å². The zero-order chi connectivity index (χ0) is 25.4. The van der Waals surface area contributed by atoms with Crippen molar-refractivity contribution < 1.29 is 29.4 Å². The minimum absolute atomic E-state index is 0.00184. The van der Waals surface area contributed by atoms with Crippen molar-refractivity contribution >= 4 is 35.8 Å². The molecule has 3 amide bonds. The van der Waals surface area contributed by atoms with Gasteiger partial charge in [0, 0.05) is 6.04 Å². The molecule has 4 fully saturated rings. The largest absolute Gasteiger partial charge is 0.474 e. The number of anilines is 2. The number of amides is 3. The molecule has 7 atom stereocenters. The Morgan fingerprint density at radius 2 is 1.36 bits per heavy atom. The molecule has 0 aliphatic heterocycles. The van der Waals surface area contributed by atoms with Crippen LogP contribution in [0, 0.1) is 35.5 Å². The summed E-state index contributed by atoms with van der Waals surface area (Å²) in [6.07, 6.45) is 11.6. The van der Waals surface area contributed by atoms with Gasteiger partial charge >= 0.3 is 18.0 Å². The summed E-state index contributed by atoms with van der Waals surface area (Å²) in [7, 11) is 0. The van der Waals surface area contributed by atoms with E-state index in [1.807, 2.05) is 0 Å². The molecule has 0 radical (unpaired) electrons. The van der Waals surface area contributed by atoms with E-state index in [0.717, 1.165) is 30.6 Å². The van der Waals surface area contributed by atoms with Crippen LogP contribution in [0.3, 0.4) is 0 Å². The monoisotopic (exact) mass is 496 g/mol. The molecule has 1 aromatic carbocycles. The molecular weight excluding hydrogens is 460 g/mol. The first-order valence-electron chi connectivity index (χ1n) is 13.5. The lowest BCUT2D eigenvalue weighted by Gasteiger charge is -2.53. The summed E-state index contributed by atoms with van der Waals surface area (Å²) in [6.45, 7) is 0. The van der Waals surface area contributed by atoms with Gasteiger partial charge in [0.1, 0.15) is 0 Å². The highest BCUT2D eigenvalue weighted by Crippen LogP contribution is 2.55. The van der Waals surface area contributed by atoms with E-state index in [-0.39, 0.29) is 23.8 Å². The molecule has 4 bridgehead atoms. The first-order valence-corrected chi connectivity index (χ1v) is 13.5. The molecule has 8 nitrogen and oxygen atoms in total. The van der Waals surface area contributed by atoms with Crippen LogP contribution in [-0.4, -0.2) is 40.6 Å². The fourth-order valence-electron chi connectivity index (χ4n) is 8.49. The molecule has 2 N–H and O–H groups in total. The fourth-order valence-corrected chi connectivity index (χ4v) is 8.49. The Hall–Kier alpha value is -2.90. The fraction of sp³-hybridized carbons (Fsp3) is 0.643. The van der Waals surface area contributed by atoms with Gasteiger partial charge in [0.25, 0.3) is 0 Å². The van der Waals surface area contributed by atoms with E-state index in [9.17, 15) is 29.4 Å². The maximum Gasteiger partial charge on any atom is 0.418 e. The topological polar surface area (TPSA) is 115 Å². The number of para-hydroxylation sites is 2. The first-order chi connectivity index (χ1) is 17.4. The maximum absolute atomic E-state index is 13.1. The molecule has 0 aromatic heterocycles. The molecule has 0 spiro atoms. The summed E-state index contributed by atoms with van der Waals surface area (Å²) in [4.78, 5) is 50.1. The Balaban J connectivity index is 1.45. The van der Waals surface area contributed by atoms with Gasteiger partial charge in [-0.05, 0) is 79.7 Å². The third-order valence-electron chi connectivity index (χ3n) is 9.58. The van der Waals surface area contributed by atoms with Crippen LogP contribution < -0.4 is 9.80 Å². The highest BCUT2D eigenvalue weighted by Gasteiger charge is 2.49. The number of carbonyl (C=O) groups is 4. The van der Waals surface area contributed by atoms with Crippen LogP contribution in [0.4, 0.5) is 16.2 Å². The van der Waals surface area contributed by atoms with Crippen molar-refractivity contribution in [2.45, 2.75) is 76.7 Å². The average molecular weight is 497 g/mol. The predicted molar refractivity (Wildman–Crippen MR) is 134 cm³/mol. The third-order valence-corrected chi connectivity index (χ3v) is 9.58. The summed E-state index contributed by atoms with van der Waals surface area (Å²) in [5, 5.41) is 19.2. The van der Waals surface area contributed by atoms with Gasteiger partial charge in [0.15, 0.2) is 0 Å². The van der Waals surface area contributed by atoms with Gasteiger partial charge in [0.05, 0.1) is 11.4 Å². The van der Waals surface area contributed by atoms with E-state index in [1.54, 1.807) is 18.2 Å². The lowest BCUT2D eigenvalue weighted by molar-refractivity contribution is -0.149. The number of hydrogen-bond acceptors (Lipinski definition) is 4. The zero-order valence-corrected chi connectivity index (χ0v) is 20.6. The van der Waals surface area contributed by atoms with E-state index in [2.05, 4.69) is 0 Å². The van der Waals surface area contributed by atoms with Crippen LogP contribution in [0.2, 0.25) is 0 Å². The highest BCUT2D eigenvalue weighted by atomic mass is 16.4. The molecule has 1 aromatic rings. The van der Waals surface area contributed by atoms with Crippen LogP contribution in [-0.2, 0) is 14.4 Å². The van der Waals surface area contributed by atoms with Crippen LogP contribution >= 0.6 is 0 Å². The highest BCUT2D eigenvalue weighted by molar-refractivity contribution is 6.38. The normalized spacial score (nSPS) is 33.3. The van der Waals surface area contributed by atoms with Crippen molar-refractivity contribution in [3.63, 3.8) is 0 Å². The van der Waals surface area contributed by atoms with Gasteiger partial charge in [0.2, 0.25) is 6.41 Å². The Morgan fingerprint density at radius 1 is 0.778 bits per heavy atom. The van der Waals surface area contributed by atoms with E-state index in [4.69, 9.17) is 0 Å². The molecule has 0 saturated heterocycles. The van der Waals surface area contributed by atoms with Gasteiger partial charge in [-0.15, -0.1) is 0 Å². The van der Waals surface area contributed by atoms with E-state index in [1.165, 1.54) is 55.9 Å². The second kappa shape index (κ2) is 10.2. The quantitative estimate of drug-likeness (QED) is 0.430.